The second kappa shape index (κ2) is 3.66. The third-order valence-corrected chi connectivity index (χ3v) is 2.36. The monoisotopic (exact) mass is 188 g/mol. The van der Waals surface area contributed by atoms with Crippen LogP contribution in [-0.4, -0.2) is 12.6 Å². The zero-order valence-electron chi connectivity index (χ0n) is 8.12. The molecule has 0 unspecified atom stereocenters. The Morgan fingerprint density at radius 1 is 1.43 bits per heavy atom. The molecule has 0 saturated heterocycles. The number of ether oxygens (including phenoxy) is 1. The van der Waals surface area contributed by atoms with Gasteiger partial charge in [0.05, 0.1) is 0 Å². The highest BCUT2D eigenvalue weighted by Crippen LogP contribution is 2.26. The first kappa shape index (κ1) is 9.00. The summed E-state index contributed by atoms with van der Waals surface area (Å²) in [6, 6.07) is 8.21. The first-order valence-electron chi connectivity index (χ1n) is 4.68. The molecule has 1 aliphatic rings. The summed E-state index contributed by atoms with van der Waals surface area (Å²) in [7, 11) is 0. The topological polar surface area (TPSA) is 26.3 Å². The van der Waals surface area contributed by atoms with Crippen LogP contribution in [0.25, 0.3) is 5.57 Å². The summed E-state index contributed by atoms with van der Waals surface area (Å²) in [6.07, 6.45) is 3.07. The van der Waals surface area contributed by atoms with E-state index in [1.54, 1.807) is 0 Å². The summed E-state index contributed by atoms with van der Waals surface area (Å²) in [5.41, 5.74) is 3.65. The summed E-state index contributed by atoms with van der Waals surface area (Å²) in [4.78, 5) is 10.7. The zero-order valence-corrected chi connectivity index (χ0v) is 8.12. The maximum absolute atomic E-state index is 10.7. The summed E-state index contributed by atoms with van der Waals surface area (Å²) in [6.45, 7) is 1.83. The highest BCUT2D eigenvalue weighted by atomic mass is 16.5. The Kier molecular flexibility index (Phi) is 2.35. The van der Waals surface area contributed by atoms with Crippen molar-refractivity contribution in [2.24, 2.45) is 0 Å². The number of rotatable bonds is 2. The normalized spacial score (nSPS) is 13.4. The number of carbonyl (C=O) groups is 1. The van der Waals surface area contributed by atoms with Crippen LogP contribution in [0.4, 0.5) is 0 Å². The molecule has 72 valence electrons. The van der Waals surface area contributed by atoms with Gasteiger partial charge in [0.15, 0.2) is 0 Å². The summed E-state index contributed by atoms with van der Waals surface area (Å²) in [5.74, 6) is -0.227. The Hall–Kier alpha value is -1.57. The van der Waals surface area contributed by atoms with Crippen molar-refractivity contribution in [3.63, 3.8) is 0 Å². The maximum Gasteiger partial charge on any atom is 0.302 e. The van der Waals surface area contributed by atoms with E-state index in [9.17, 15) is 4.79 Å². The Bertz CT molecular complexity index is 391. The van der Waals surface area contributed by atoms with Gasteiger partial charge in [-0.15, -0.1) is 0 Å². The van der Waals surface area contributed by atoms with E-state index in [1.807, 2.05) is 12.1 Å². The average molecular weight is 188 g/mol. The van der Waals surface area contributed by atoms with Crippen LogP contribution in [0.5, 0.6) is 0 Å². The lowest BCUT2D eigenvalue weighted by atomic mass is 10.1. The number of carbonyl (C=O) groups excluding carboxylic acids is 1. The predicted molar refractivity (Wildman–Crippen MR) is 54.8 cm³/mol. The molecular weight excluding hydrogens is 176 g/mol. The van der Waals surface area contributed by atoms with E-state index in [-0.39, 0.29) is 5.97 Å². The highest BCUT2D eigenvalue weighted by Gasteiger charge is 2.13. The molecule has 1 aromatic rings. The van der Waals surface area contributed by atoms with Gasteiger partial charge in [-0.3, -0.25) is 4.79 Å². The predicted octanol–water partition coefficient (Wildman–Crippen LogP) is 2.19. The second-order valence-electron chi connectivity index (χ2n) is 3.37. The van der Waals surface area contributed by atoms with E-state index in [0.29, 0.717) is 6.61 Å². The molecule has 0 radical (unpaired) electrons. The van der Waals surface area contributed by atoms with E-state index >= 15 is 0 Å². The Morgan fingerprint density at radius 3 is 3.00 bits per heavy atom. The fraction of sp³-hybridized carbons (Fsp3) is 0.250. The van der Waals surface area contributed by atoms with Crippen LogP contribution in [-0.2, 0) is 16.0 Å². The lowest BCUT2D eigenvalue weighted by Crippen LogP contribution is -2.01. The zero-order chi connectivity index (χ0) is 9.97. The number of allylic oxidation sites excluding steroid dienone is 1. The molecule has 2 nitrogen and oxygen atoms in total. The van der Waals surface area contributed by atoms with Gasteiger partial charge in [0, 0.05) is 6.92 Å². The van der Waals surface area contributed by atoms with Gasteiger partial charge in [-0.2, -0.15) is 0 Å². The van der Waals surface area contributed by atoms with Crippen molar-refractivity contribution in [1.29, 1.82) is 0 Å². The van der Waals surface area contributed by atoms with Crippen LogP contribution in [0, 0.1) is 0 Å². The van der Waals surface area contributed by atoms with Gasteiger partial charge in [-0.25, -0.2) is 0 Å². The van der Waals surface area contributed by atoms with Gasteiger partial charge in [0.2, 0.25) is 0 Å². The highest BCUT2D eigenvalue weighted by molar-refractivity contribution is 5.75. The lowest BCUT2D eigenvalue weighted by Gasteiger charge is -2.05. The van der Waals surface area contributed by atoms with Crippen LogP contribution >= 0.6 is 0 Å². The molecule has 0 bridgehead atoms. The van der Waals surface area contributed by atoms with Crippen molar-refractivity contribution < 1.29 is 9.53 Å². The number of benzene rings is 1. The van der Waals surface area contributed by atoms with Crippen molar-refractivity contribution in [3.8, 4) is 0 Å². The van der Waals surface area contributed by atoms with Crippen molar-refractivity contribution >= 4 is 11.5 Å². The van der Waals surface area contributed by atoms with Gasteiger partial charge in [0.1, 0.15) is 6.61 Å². The maximum atomic E-state index is 10.7. The molecule has 0 fully saturated rings. The molecule has 0 aromatic heterocycles. The van der Waals surface area contributed by atoms with E-state index in [4.69, 9.17) is 4.74 Å². The summed E-state index contributed by atoms with van der Waals surface area (Å²) < 4.78 is 4.98. The minimum Gasteiger partial charge on any atom is -0.461 e. The SMILES string of the molecule is CC(=O)OCC1=CCc2ccccc21. The molecule has 0 heterocycles. The van der Waals surface area contributed by atoms with Gasteiger partial charge in [-0.1, -0.05) is 30.3 Å². The van der Waals surface area contributed by atoms with Crippen molar-refractivity contribution in [3.05, 3.63) is 41.5 Å². The van der Waals surface area contributed by atoms with Crippen LogP contribution in [0.15, 0.2) is 30.3 Å². The Balaban J connectivity index is 2.13. The van der Waals surface area contributed by atoms with Crippen LogP contribution in [0.1, 0.15) is 18.1 Å². The second-order valence-corrected chi connectivity index (χ2v) is 3.37. The molecule has 14 heavy (non-hydrogen) atoms. The molecule has 0 atom stereocenters. The number of fused-ring (bicyclic) bond motifs is 1. The van der Waals surface area contributed by atoms with Gasteiger partial charge < -0.3 is 4.74 Å². The standard InChI is InChI=1S/C12H12O2/c1-9(13)14-8-11-7-6-10-4-2-3-5-12(10)11/h2-5,7H,6,8H2,1H3. The fourth-order valence-electron chi connectivity index (χ4n) is 1.67. The minimum atomic E-state index is -0.227. The van der Waals surface area contributed by atoms with Gasteiger partial charge in [0.25, 0.3) is 0 Å². The molecule has 0 amide bonds. The van der Waals surface area contributed by atoms with Crippen LogP contribution in [0.3, 0.4) is 0 Å². The third-order valence-electron chi connectivity index (χ3n) is 2.36. The smallest absolute Gasteiger partial charge is 0.302 e. The molecule has 1 aliphatic carbocycles. The molecule has 0 aliphatic heterocycles. The third kappa shape index (κ3) is 1.69. The molecule has 0 spiro atoms. The first-order chi connectivity index (χ1) is 6.77. The van der Waals surface area contributed by atoms with Crippen LogP contribution < -0.4 is 0 Å². The fourth-order valence-corrected chi connectivity index (χ4v) is 1.67. The van der Waals surface area contributed by atoms with Gasteiger partial charge in [-0.05, 0) is 23.1 Å². The minimum absolute atomic E-state index is 0.227. The van der Waals surface area contributed by atoms with Crippen LogP contribution in [0.2, 0.25) is 0 Å². The number of hydrogen-bond acceptors (Lipinski definition) is 2. The molecule has 2 rings (SSSR count). The number of hydrogen-bond donors (Lipinski definition) is 0. The van der Waals surface area contributed by atoms with Crippen molar-refractivity contribution in [1.82, 2.24) is 0 Å². The molecule has 1 aromatic carbocycles. The van der Waals surface area contributed by atoms with Crippen molar-refractivity contribution in [2.75, 3.05) is 6.61 Å². The summed E-state index contributed by atoms with van der Waals surface area (Å²) in [5, 5.41) is 0. The van der Waals surface area contributed by atoms with Gasteiger partial charge >= 0.3 is 5.97 Å². The van der Waals surface area contributed by atoms with Crippen molar-refractivity contribution in [2.45, 2.75) is 13.3 Å². The molecule has 2 heteroatoms. The Labute approximate surface area is 83.2 Å². The van der Waals surface area contributed by atoms with E-state index < -0.39 is 0 Å². The first-order valence-corrected chi connectivity index (χ1v) is 4.68. The molecule has 0 saturated carbocycles. The van der Waals surface area contributed by atoms with E-state index in [0.717, 1.165) is 12.0 Å². The number of esters is 1. The Morgan fingerprint density at radius 2 is 2.21 bits per heavy atom. The molecule has 0 N–H and O–H groups in total. The van der Waals surface area contributed by atoms with E-state index in [2.05, 4.69) is 18.2 Å². The lowest BCUT2D eigenvalue weighted by molar-refractivity contribution is -0.139. The molecular formula is C12H12O2. The largest absolute Gasteiger partial charge is 0.461 e. The summed E-state index contributed by atoms with van der Waals surface area (Å²) >= 11 is 0. The quantitative estimate of drug-likeness (QED) is 0.665. The van der Waals surface area contributed by atoms with E-state index in [1.165, 1.54) is 18.1 Å². The average Bonchev–Trinajstić information content (AvgIpc) is 2.58.